The number of aromatic amines is 1. The summed E-state index contributed by atoms with van der Waals surface area (Å²) in [6.07, 6.45) is 3.57. The van der Waals surface area contributed by atoms with Crippen LogP contribution in [0.4, 0.5) is 0 Å². The topological polar surface area (TPSA) is 79.4 Å². The number of H-pyrrole nitrogens is 1. The Hall–Kier alpha value is -0.960. The third kappa shape index (κ3) is 5.13. The number of hydrogen-bond donors (Lipinski definition) is 2. The molecule has 1 rings (SSSR count). The second kappa shape index (κ2) is 8.20. The van der Waals surface area contributed by atoms with Crippen molar-refractivity contribution in [3.63, 3.8) is 0 Å². The second-order valence-corrected chi connectivity index (χ2v) is 4.64. The van der Waals surface area contributed by atoms with Gasteiger partial charge in [-0.1, -0.05) is 13.3 Å². The van der Waals surface area contributed by atoms with Gasteiger partial charge in [-0.25, -0.2) is 4.98 Å². The number of rotatable bonds is 6. The molecule has 2 N–H and O–H groups in total. The smallest absolute Gasteiger partial charge is 0.274 e. The molecular formula is C11H17IN4O2. The average molecular weight is 364 g/mol. The van der Waals surface area contributed by atoms with E-state index in [0.717, 1.165) is 12.8 Å². The standard InChI is InChI=1S/C11H17IN4O2/c1-3-4-5-18-7-9(13-2)16-10(17)8-6-14-11(12)15-8/h6H,3-5,7H2,1-2H3,(H,14,15)(H,13,16,17). The molecule has 18 heavy (non-hydrogen) atoms. The van der Waals surface area contributed by atoms with Gasteiger partial charge in [-0.2, -0.15) is 0 Å². The number of nitrogens with one attached hydrogen (secondary N) is 2. The number of carbonyl (C=O) groups excluding carboxylic acids is 1. The lowest BCUT2D eigenvalue weighted by Gasteiger charge is -2.07. The number of imidazole rings is 1. The first-order chi connectivity index (χ1) is 8.67. The zero-order valence-electron chi connectivity index (χ0n) is 10.5. The van der Waals surface area contributed by atoms with Gasteiger partial charge in [0.1, 0.15) is 18.1 Å². The minimum absolute atomic E-state index is 0.259. The van der Waals surface area contributed by atoms with Crippen LogP contribution in [0.15, 0.2) is 11.2 Å². The highest BCUT2D eigenvalue weighted by molar-refractivity contribution is 14.1. The number of halogens is 1. The molecule has 0 atom stereocenters. The van der Waals surface area contributed by atoms with E-state index < -0.39 is 0 Å². The van der Waals surface area contributed by atoms with E-state index in [1.54, 1.807) is 7.05 Å². The number of amidine groups is 1. The summed E-state index contributed by atoms with van der Waals surface area (Å²) in [6, 6.07) is 0. The highest BCUT2D eigenvalue weighted by Crippen LogP contribution is 1.99. The number of nitrogens with zero attached hydrogens (tertiary/aromatic N) is 2. The molecule has 1 aromatic rings. The summed E-state index contributed by atoms with van der Waals surface area (Å²) in [4.78, 5) is 22.6. The first-order valence-electron chi connectivity index (χ1n) is 5.72. The van der Waals surface area contributed by atoms with Crippen LogP contribution in [0.5, 0.6) is 0 Å². The van der Waals surface area contributed by atoms with Crippen LogP contribution in [0, 0.1) is 3.83 Å². The van der Waals surface area contributed by atoms with Gasteiger partial charge in [0.25, 0.3) is 5.91 Å². The predicted molar refractivity (Wildman–Crippen MR) is 77.9 cm³/mol. The van der Waals surface area contributed by atoms with Crippen molar-refractivity contribution in [1.29, 1.82) is 0 Å². The lowest BCUT2D eigenvalue weighted by Crippen LogP contribution is -2.34. The highest BCUT2D eigenvalue weighted by atomic mass is 127. The van der Waals surface area contributed by atoms with Crippen molar-refractivity contribution in [3.8, 4) is 0 Å². The minimum Gasteiger partial charge on any atom is -0.374 e. The van der Waals surface area contributed by atoms with Crippen LogP contribution in [-0.4, -0.2) is 42.0 Å². The van der Waals surface area contributed by atoms with Gasteiger partial charge in [0.15, 0.2) is 3.83 Å². The molecule has 100 valence electrons. The van der Waals surface area contributed by atoms with Crippen LogP contribution >= 0.6 is 22.6 Å². The fourth-order valence-electron chi connectivity index (χ4n) is 1.18. The molecule has 0 bridgehead atoms. The second-order valence-electron chi connectivity index (χ2n) is 3.62. The summed E-state index contributed by atoms with van der Waals surface area (Å²) in [7, 11) is 1.62. The molecule has 0 aliphatic rings. The number of carbonyl (C=O) groups is 1. The van der Waals surface area contributed by atoms with Gasteiger partial charge in [0, 0.05) is 13.7 Å². The Morgan fingerprint density at radius 3 is 3.00 bits per heavy atom. The number of unbranched alkanes of at least 4 members (excludes halogenated alkanes) is 1. The van der Waals surface area contributed by atoms with Crippen molar-refractivity contribution in [1.82, 2.24) is 15.3 Å². The molecule has 1 heterocycles. The maximum absolute atomic E-state index is 11.8. The zero-order valence-corrected chi connectivity index (χ0v) is 12.7. The molecule has 1 amide bonds. The van der Waals surface area contributed by atoms with Gasteiger partial charge in [0.2, 0.25) is 0 Å². The van der Waals surface area contributed by atoms with E-state index >= 15 is 0 Å². The molecule has 0 aromatic carbocycles. The van der Waals surface area contributed by atoms with Crippen LogP contribution < -0.4 is 5.32 Å². The molecule has 0 spiro atoms. The Bertz CT molecular complexity index is 417. The number of hydrogen-bond acceptors (Lipinski definition) is 4. The van der Waals surface area contributed by atoms with Crippen LogP contribution in [0.2, 0.25) is 0 Å². The normalized spacial score (nSPS) is 11.6. The van der Waals surface area contributed by atoms with Crippen LogP contribution in [0.1, 0.15) is 30.3 Å². The van der Waals surface area contributed by atoms with Crippen LogP contribution in [0.3, 0.4) is 0 Å². The maximum Gasteiger partial charge on any atom is 0.274 e. The fraction of sp³-hybridized carbons (Fsp3) is 0.545. The summed E-state index contributed by atoms with van der Waals surface area (Å²) in [5, 5.41) is 2.68. The first kappa shape index (κ1) is 15.1. The number of ether oxygens (including phenoxy) is 1. The van der Waals surface area contributed by atoms with Crippen molar-refractivity contribution < 1.29 is 9.53 Å². The predicted octanol–water partition coefficient (Wildman–Crippen LogP) is 1.59. The Labute approximate surface area is 120 Å². The first-order valence-corrected chi connectivity index (χ1v) is 6.80. The van der Waals surface area contributed by atoms with Gasteiger partial charge >= 0.3 is 0 Å². The number of aliphatic imine (C=N–C) groups is 1. The van der Waals surface area contributed by atoms with Crippen LogP contribution in [0.25, 0.3) is 0 Å². The lowest BCUT2D eigenvalue weighted by atomic mass is 10.4. The van der Waals surface area contributed by atoms with Gasteiger partial charge in [-0.3, -0.25) is 9.79 Å². The molecular weight excluding hydrogens is 347 g/mol. The molecule has 0 fully saturated rings. The van der Waals surface area contributed by atoms with E-state index in [-0.39, 0.29) is 5.91 Å². The van der Waals surface area contributed by atoms with E-state index in [4.69, 9.17) is 4.74 Å². The molecule has 0 radical (unpaired) electrons. The Morgan fingerprint density at radius 1 is 1.67 bits per heavy atom. The quantitative estimate of drug-likeness (QED) is 0.348. The van der Waals surface area contributed by atoms with E-state index in [2.05, 4.69) is 27.2 Å². The summed E-state index contributed by atoms with van der Waals surface area (Å²) >= 11 is 2.01. The third-order valence-electron chi connectivity index (χ3n) is 2.20. The molecule has 0 saturated heterocycles. The summed E-state index contributed by atoms with van der Waals surface area (Å²) in [5.74, 6) is 0.255. The van der Waals surface area contributed by atoms with Crippen molar-refractivity contribution in [2.45, 2.75) is 19.8 Å². The minimum atomic E-state index is -0.259. The van der Waals surface area contributed by atoms with E-state index in [0.29, 0.717) is 28.6 Å². The average Bonchev–Trinajstić information content (AvgIpc) is 2.79. The Balaban J connectivity index is 2.41. The maximum atomic E-state index is 11.8. The van der Waals surface area contributed by atoms with E-state index in [1.165, 1.54) is 6.20 Å². The molecule has 0 saturated carbocycles. The fourth-order valence-corrected chi connectivity index (χ4v) is 1.61. The van der Waals surface area contributed by atoms with Crippen LogP contribution in [-0.2, 0) is 4.74 Å². The van der Waals surface area contributed by atoms with E-state index in [9.17, 15) is 4.79 Å². The summed E-state index contributed by atoms with van der Waals surface area (Å²) < 4.78 is 6.07. The molecule has 6 nitrogen and oxygen atoms in total. The molecule has 1 aromatic heterocycles. The van der Waals surface area contributed by atoms with Gasteiger partial charge < -0.3 is 15.0 Å². The van der Waals surface area contributed by atoms with Gasteiger partial charge in [0.05, 0.1) is 6.20 Å². The highest BCUT2D eigenvalue weighted by Gasteiger charge is 2.10. The third-order valence-corrected chi connectivity index (χ3v) is 2.75. The molecule has 0 aliphatic heterocycles. The SMILES string of the molecule is CCCCOCC(=NC)NC(=O)c1cnc(I)[nH]1. The molecule has 0 aliphatic carbocycles. The zero-order chi connectivity index (χ0) is 13.4. The Kier molecular flexibility index (Phi) is 6.88. The lowest BCUT2D eigenvalue weighted by molar-refractivity contribution is 0.0966. The van der Waals surface area contributed by atoms with Crippen molar-refractivity contribution in [3.05, 3.63) is 15.7 Å². The van der Waals surface area contributed by atoms with Gasteiger partial charge in [-0.15, -0.1) is 0 Å². The van der Waals surface area contributed by atoms with Crippen molar-refractivity contribution in [2.24, 2.45) is 4.99 Å². The molecule has 7 heteroatoms. The Morgan fingerprint density at radius 2 is 2.44 bits per heavy atom. The summed E-state index contributed by atoms with van der Waals surface area (Å²) in [6.45, 7) is 3.08. The number of aromatic nitrogens is 2. The van der Waals surface area contributed by atoms with Crippen molar-refractivity contribution >= 4 is 34.3 Å². The largest absolute Gasteiger partial charge is 0.374 e. The molecule has 0 unspecified atom stereocenters. The van der Waals surface area contributed by atoms with E-state index in [1.807, 2.05) is 22.6 Å². The monoisotopic (exact) mass is 364 g/mol. The van der Waals surface area contributed by atoms with Gasteiger partial charge in [-0.05, 0) is 29.0 Å². The van der Waals surface area contributed by atoms with Crippen molar-refractivity contribution in [2.75, 3.05) is 20.3 Å². The number of amides is 1. The summed E-state index contributed by atoms with van der Waals surface area (Å²) in [5.41, 5.74) is 0.411.